The van der Waals surface area contributed by atoms with Crippen molar-refractivity contribution in [3.8, 4) is 51.0 Å². The minimum absolute atomic E-state index is 0.560. The summed E-state index contributed by atoms with van der Waals surface area (Å²) < 4.78 is 8.71. The number of hydrogen-bond acceptors (Lipinski definition) is 5. The summed E-state index contributed by atoms with van der Waals surface area (Å²) in [5.41, 5.74) is 9.62. The number of hydrogen-bond donors (Lipinski definition) is 0. The van der Waals surface area contributed by atoms with E-state index >= 15 is 0 Å². The molecule has 0 unspecified atom stereocenters. The Morgan fingerprint density at radius 3 is 1.80 bits per heavy atom. The number of nitrogens with zero attached hydrogens (tertiary/aromatic N) is 5. The molecule has 0 amide bonds. The summed E-state index contributed by atoms with van der Waals surface area (Å²) in [6.07, 6.45) is 3.73. The van der Waals surface area contributed by atoms with Gasteiger partial charge in [0.25, 0.3) is 0 Å². The van der Waals surface area contributed by atoms with Crippen LogP contribution < -0.4 is 0 Å². The molecule has 4 heterocycles. The zero-order valence-corrected chi connectivity index (χ0v) is 26.7. The topological polar surface area (TPSA) is 69.6 Å². The molecule has 0 saturated heterocycles. The van der Waals surface area contributed by atoms with E-state index in [1.165, 1.54) is 5.39 Å². The van der Waals surface area contributed by atoms with Crippen LogP contribution in [0.5, 0.6) is 0 Å². The first-order valence-corrected chi connectivity index (χ1v) is 16.5. The van der Waals surface area contributed by atoms with Crippen molar-refractivity contribution in [2.24, 2.45) is 0 Å². The van der Waals surface area contributed by atoms with Crippen LogP contribution in [0.1, 0.15) is 0 Å². The van der Waals surface area contributed by atoms with Gasteiger partial charge in [-0.3, -0.25) is 4.98 Å². The highest BCUT2D eigenvalue weighted by Gasteiger charge is 2.18. The first-order valence-electron chi connectivity index (χ1n) is 16.5. The van der Waals surface area contributed by atoms with Gasteiger partial charge in [-0.2, -0.15) is 0 Å². The molecule has 50 heavy (non-hydrogen) atoms. The number of rotatable bonds is 5. The lowest BCUT2D eigenvalue weighted by molar-refractivity contribution is 0.670. The van der Waals surface area contributed by atoms with Crippen molar-refractivity contribution in [2.75, 3.05) is 0 Å². The fraction of sp³-hybridized carbons (Fsp3) is 0. The van der Waals surface area contributed by atoms with Gasteiger partial charge >= 0.3 is 0 Å². The normalized spacial score (nSPS) is 11.6. The number of benzene rings is 6. The summed E-state index contributed by atoms with van der Waals surface area (Å²) >= 11 is 0. The number of aromatic nitrogens is 5. The summed E-state index contributed by atoms with van der Waals surface area (Å²) in [6, 6.07) is 51.9. The highest BCUT2D eigenvalue weighted by Crippen LogP contribution is 2.39. The second kappa shape index (κ2) is 11.4. The third-order valence-electron chi connectivity index (χ3n) is 9.33. The molecule has 234 valence electrons. The lowest BCUT2D eigenvalue weighted by Crippen LogP contribution is -2.01. The molecule has 0 aliphatic carbocycles. The van der Waals surface area contributed by atoms with E-state index < -0.39 is 0 Å². The lowest BCUT2D eigenvalue weighted by atomic mass is 10.0. The van der Waals surface area contributed by atoms with Gasteiger partial charge in [0.05, 0.1) is 22.9 Å². The van der Waals surface area contributed by atoms with E-state index in [2.05, 4.69) is 83.4 Å². The van der Waals surface area contributed by atoms with Gasteiger partial charge in [0, 0.05) is 50.0 Å². The maximum atomic E-state index is 6.44. The first kappa shape index (κ1) is 28.1. The number of fused-ring (bicyclic) bond motifs is 6. The van der Waals surface area contributed by atoms with Gasteiger partial charge in [0.2, 0.25) is 0 Å². The van der Waals surface area contributed by atoms with Gasteiger partial charge in [-0.15, -0.1) is 0 Å². The maximum Gasteiger partial charge on any atom is 0.165 e. The van der Waals surface area contributed by atoms with E-state index in [9.17, 15) is 0 Å². The van der Waals surface area contributed by atoms with E-state index in [0.29, 0.717) is 17.5 Å². The Morgan fingerprint density at radius 1 is 0.420 bits per heavy atom. The third kappa shape index (κ3) is 4.58. The first-order chi connectivity index (χ1) is 24.8. The molecule has 4 aromatic heterocycles. The minimum Gasteiger partial charge on any atom is -0.455 e. The van der Waals surface area contributed by atoms with Crippen LogP contribution in [0, 0.1) is 0 Å². The molecule has 6 heteroatoms. The van der Waals surface area contributed by atoms with Crippen LogP contribution in [0.15, 0.2) is 168 Å². The van der Waals surface area contributed by atoms with Gasteiger partial charge in [-0.05, 0) is 29.8 Å². The second-order valence-electron chi connectivity index (χ2n) is 12.3. The number of pyridine rings is 1. The monoisotopic (exact) mass is 641 g/mol. The summed E-state index contributed by atoms with van der Waals surface area (Å²) in [7, 11) is 0. The molecule has 0 fully saturated rings. The summed E-state index contributed by atoms with van der Waals surface area (Å²) in [5, 5.41) is 4.55. The van der Waals surface area contributed by atoms with Crippen LogP contribution in [-0.2, 0) is 0 Å². The lowest BCUT2D eigenvalue weighted by Gasteiger charge is -2.11. The Hall–Kier alpha value is -6.92. The largest absolute Gasteiger partial charge is 0.455 e. The molecule has 0 aliphatic heterocycles. The highest BCUT2D eigenvalue weighted by atomic mass is 16.3. The van der Waals surface area contributed by atoms with Crippen molar-refractivity contribution in [3.63, 3.8) is 0 Å². The summed E-state index contributed by atoms with van der Waals surface area (Å²) in [4.78, 5) is 19.5. The maximum absolute atomic E-state index is 6.44. The van der Waals surface area contributed by atoms with Crippen molar-refractivity contribution in [2.45, 2.75) is 0 Å². The van der Waals surface area contributed by atoms with Gasteiger partial charge < -0.3 is 8.98 Å². The molecule has 0 aliphatic rings. The molecule has 0 radical (unpaired) electrons. The summed E-state index contributed by atoms with van der Waals surface area (Å²) in [5.74, 6) is 1.78. The van der Waals surface area contributed by atoms with Crippen LogP contribution in [-0.4, -0.2) is 24.5 Å². The Labute approximate surface area is 287 Å². The van der Waals surface area contributed by atoms with E-state index in [-0.39, 0.29) is 0 Å². The van der Waals surface area contributed by atoms with Crippen LogP contribution in [0.3, 0.4) is 0 Å². The molecule has 0 saturated carbocycles. The Kier molecular flexibility index (Phi) is 6.39. The molecular formula is C44H27N5O. The minimum atomic E-state index is 0.560. The molecule has 0 N–H and O–H groups in total. The van der Waals surface area contributed by atoms with Crippen molar-refractivity contribution in [1.82, 2.24) is 24.5 Å². The SMILES string of the molecule is c1ccc(-c2nc(-c3ccccc3)nc(-c3cncc(-n4c5ccccc5c5ccc(-c6cccc7c6oc6ccccc67)cc54)c3)n2)cc1. The fourth-order valence-corrected chi connectivity index (χ4v) is 7.00. The standard InChI is InChI=1S/C44H27N5O/c1-3-12-28(13-4-1)42-46-43(29-14-5-2-6-15-29)48-44(47-42)31-24-32(27-45-26-31)49-38-20-9-7-16-34(38)35-23-22-30(25-39(35)49)33-18-11-19-37-36-17-8-10-21-40(36)50-41(33)37/h1-27H. The van der Waals surface area contributed by atoms with Crippen LogP contribution >= 0.6 is 0 Å². The predicted octanol–water partition coefficient (Wildman–Crippen LogP) is 10.9. The predicted molar refractivity (Wildman–Crippen MR) is 201 cm³/mol. The molecule has 6 nitrogen and oxygen atoms in total. The quantitative estimate of drug-likeness (QED) is 0.187. The third-order valence-corrected chi connectivity index (χ3v) is 9.33. The molecule has 0 bridgehead atoms. The smallest absolute Gasteiger partial charge is 0.165 e. The number of para-hydroxylation sites is 3. The zero-order valence-electron chi connectivity index (χ0n) is 26.7. The van der Waals surface area contributed by atoms with Gasteiger partial charge in [-0.25, -0.2) is 15.0 Å². The van der Waals surface area contributed by atoms with Crippen LogP contribution in [0.25, 0.3) is 94.7 Å². The zero-order chi connectivity index (χ0) is 33.0. The average Bonchev–Trinajstić information content (AvgIpc) is 3.74. The van der Waals surface area contributed by atoms with Crippen molar-refractivity contribution in [3.05, 3.63) is 164 Å². The molecule has 0 spiro atoms. The van der Waals surface area contributed by atoms with Crippen molar-refractivity contribution >= 4 is 43.7 Å². The average molecular weight is 642 g/mol. The van der Waals surface area contributed by atoms with Crippen LogP contribution in [0.4, 0.5) is 0 Å². The molecule has 10 aromatic rings. The van der Waals surface area contributed by atoms with Crippen LogP contribution in [0.2, 0.25) is 0 Å². The fourth-order valence-electron chi connectivity index (χ4n) is 7.00. The number of furan rings is 1. The van der Waals surface area contributed by atoms with E-state index in [1.807, 2.05) is 85.2 Å². The Bertz CT molecular complexity index is 2820. The van der Waals surface area contributed by atoms with E-state index in [1.54, 1.807) is 0 Å². The second-order valence-corrected chi connectivity index (χ2v) is 12.3. The Morgan fingerprint density at radius 2 is 1.04 bits per heavy atom. The van der Waals surface area contributed by atoms with Gasteiger partial charge in [-0.1, -0.05) is 127 Å². The Balaban J connectivity index is 1.17. The van der Waals surface area contributed by atoms with Gasteiger partial charge in [0.15, 0.2) is 17.5 Å². The molecule has 6 aromatic carbocycles. The highest BCUT2D eigenvalue weighted by molar-refractivity contribution is 6.13. The van der Waals surface area contributed by atoms with E-state index in [0.717, 1.165) is 71.9 Å². The van der Waals surface area contributed by atoms with Crippen molar-refractivity contribution < 1.29 is 4.42 Å². The van der Waals surface area contributed by atoms with Gasteiger partial charge in [0.1, 0.15) is 11.2 Å². The molecular weight excluding hydrogens is 615 g/mol. The molecule has 0 atom stereocenters. The van der Waals surface area contributed by atoms with Crippen molar-refractivity contribution in [1.29, 1.82) is 0 Å². The molecule has 10 rings (SSSR count). The summed E-state index contributed by atoms with van der Waals surface area (Å²) in [6.45, 7) is 0. The van der Waals surface area contributed by atoms with E-state index in [4.69, 9.17) is 24.4 Å².